The highest BCUT2D eigenvalue weighted by molar-refractivity contribution is 7.92. The number of sulfonamides is 1. The highest BCUT2D eigenvalue weighted by atomic mass is 35.5. The molecule has 41 heavy (non-hydrogen) atoms. The summed E-state index contributed by atoms with van der Waals surface area (Å²) in [4.78, 5) is 27.8. The highest BCUT2D eigenvalue weighted by Crippen LogP contribution is 2.33. The first-order valence-corrected chi connectivity index (χ1v) is 14.6. The summed E-state index contributed by atoms with van der Waals surface area (Å²) < 4.78 is 68.7. The third-order valence-electron chi connectivity index (χ3n) is 6.22. The van der Waals surface area contributed by atoms with Crippen LogP contribution in [0.15, 0.2) is 83.8 Å². The largest absolute Gasteiger partial charge is 0.416 e. The van der Waals surface area contributed by atoms with E-state index >= 15 is 0 Å². The second-order valence-corrected chi connectivity index (χ2v) is 12.1. The van der Waals surface area contributed by atoms with Gasteiger partial charge in [0.05, 0.1) is 16.1 Å². The molecule has 1 atom stereocenters. The lowest BCUT2D eigenvalue weighted by molar-refractivity contribution is -0.139. The quantitative estimate of drug-likeness (QED) is 0.300. The van der Waals surface area contributed by atoms with Crippen molar-refractivity contribution >= 4 is 39.1 Å². The van der Waals surface area contributed by atoms with Crippen LogP contribution in [-0.2, 0) is 32.3 Å². The van der Waals surface area contributed by atoms with Crippen molar-refractivity contribution in [3.8, 4) is 0 Å². The maximum absolute atomic E-state index is 13.9. The number of halogens is 4. The first-order valence-electron chi connectivity index (χ1n) is 12.8. The number of carbonyl (C=O) groups is 2. The van der Waals surface area contributed by atoms with Crippen LogP contribution in [0.4, 0.5) is 18.9 Å². The van der Waals surface area contributed by atoms with Gasteiger partial charge in [-0.25, -0.2) is 8.42 Å². The molecular formula is C29H31ClF3N3O4S. The van der Waals surface area contributed by atoms with E-state index < -0.39 is 46.2 Å². The molecule has 0 unspecified atom stereocenters. The molecule has 7 nitrogen and oxygen atoms in total. The molecule has 3 rings (SSSR count). The van der Waals surface area contributed by atoms with Crippen LogP contribution < -0.4 is 9.62 Å². The van der Waals surface area contributed by atoms with E-state index in [1.54, 1.807) is 30.3 Å². The van der Waals surface area contributed by atoms with Crippen molar-refractivity contribution in [3.63, 3.8) is 0 Å². The summed E-state index contributed by atoms with van der Waals surface area (Å²) in [6.07, 6.45) is -4.75. The molecule has 3 aromatic carbocycles. The van der Waals surface area contributed by atoms with Gasteiger partial charge < -0.3 is 10.2 Å². The molecule has 0 aliphatic rings. The summed E-state index contributed by atoms with van der Waals surface area (Å²) in [5.74, 6) is -1.16. The van der Waals surface area contributed by atoms with Gasteiger partial charge in [0.15, 0.2) is 0 Å². The number of alkyl halides is 3. The normalized spacial score (nSPS) is 12.6. The van der Waals surface area contributed by atoms with Gasteiger partial charge in [0.25, 0.3) is 10.0 Å². The molecule has 12 heteroatoms. The fourth-order valence-electron chi connectivity index (χ4n) is 3.93. The van der Waals surface area contributed by atoms with Crippen LogP contribution in [0.1, 0.15) is 31.9 Å². The lowest BCUT2D eigenvalue weighted by Gasteiger charge is -2.32. The molecule has 0 fully saturated rings. The van der Waals surface area contributed by atoms with Gasteiger partial charge in [0.1, 0.15) is 12.6 Å². The minimum Gasteiger partial charge on any atom is -0.354 e. The zero-order chi connectivity index (χ0) is 30.4. The predicted molar refractivity (Wildman–Crippen MR) is 152 cm³/mol. The molecule has 0 aliphatic heterocycles. The Morgan fingerprint density at radius 2 is 1.56 bits per heavy atom. The molecule has 0 saturated carbocycles. The lowest BCUT2D eigenvalue weighted by Crippen LogP contribution is -2.51. The first kappa shape index (κ1) is 32.0. The van der Waals surface area contributed by atoms with E-state index in [0.29, 0.717) is 27.5 Å². The van der Waals surface area contributed by atoms with E-state index in [-0.39, 0.29) is 23.0 Å². The maximum atomic E-state index is 13.9. The molecule has 3 aromatic rings. The first-order chi connectivity index (χ1) is 19.2. The number of anilines is 1. The van der Waals surface area contributed by atoms with Crippen molar-refractivity contribution < 1.29 is 31.2 Å². The molecule has 0 aliphatic carbocycles. The second kappa shape index (κ2) is 13.4. The Morgan fingerprint density at radius 1 is 0.927 bits per heavy atom. The average Bonchev–Trinajstić information content (AvgIpc) is 2.93. The van der Waals surface area contributed by atoms with Crippen LogP contribution in [-0.4, -0.2) is 44.3 Å². The van der Waals surface area contributed by atoms with Gasteiger partial charge in [-0.3, -0.25) is 13.9 Å². The Hall–Kier alpha value is -3.57. The second-order valence-electron chi connectivity index (χ2n) is 9.80. The minimum atomic E-state index is -4.75. The number of carbonyl (C=O) groups excluding carboxylic acids is 2. The Morgan fingerprint density at radius 3 is 2.17 bits per heavy atom. The van der Waals surface area contributed by atoms with Gasteiger partial charge in [-0.1, -0.05) is 67.9 Å². The standard InChI is InChI=1S/C29H31ClF3N3O4S/c1-20(2)17-34-28(38)21(3)35(18-22-10-7-8-15-26(22)30)27(37)19-36(41(39,40)25-13-5-4-6-14-25)24-12-9-11-23(16-24)29(31,32)33/h4-16,20-21H,17-19H2,1-3H3,(H,34,38)/t21-/m0/s1. The molecule has 0 spiro atoms. The Kier molecular flexibility index (Phi) is 10.4. The molecule has 0 aromatic heterocycles. The molecule has 1 N–H and O–H groups in total. The number of hydrogen-bond acceptors (Lipinski definition) is 4. The summed E-state index contributed by atoms with van der Waals surface area (Å²) in [5, 5.41) is 3.09. The predicted octanol–water partition coefficient (Wildman–Crippen LogP) is 5.74. The van der Waals surface area contributed by atoms with E-state index in [0.717, 1.165) is 17.0 Å². The number of benzene rings is 3. The number of amides is 2. The third kappa shape index (κ3) is 8.23. The summed E-state index contributed by atoms with van der Waals surface area (Å²) in [6.45, 7) is 4.63. The smallest absolute Gasteiger partial charge is 0.354 e. The van der Waals surface area contributed by atoms with E-state index in [4.69, 9.17) is 11.6 Å². The summed E-state index contributed by atoms with van der Waals surface area (Å²) >= 11 is 6.32. The van der Waals surface area contributed by atoms with Gasteiger partial charge in [0, 0.05) is 18.1 Å². The Balaban J connectivity index is 2.07. The zero-order valence-electron chi connectivity index (χ0n) is 22.7. The summed E-state index contributed by atoms with van der Waals surface area (Å²) in [7, 11) is -4.50. The topological polar surface area (TPSA) is 86.8 Å². The van der Waals surface area contributed by atoms with E-state index in [1.165, 1.54) is 37.3 Å². The van der Waals surface area contributed by atoms with Crippen molar-refractivity contribution in [3.05, 3.63) is 95.0 Å². The number of nitrogens with one attached hydrogen (secondary N) is 1. The maximum Gasteiger partial charge on any atom is 0.416 e. The number of nitrogens with zero attached hydrogens (tertiary/aromatic N) is 2. The van der Waals surface area contributed by atoms with Crippen LogP contribution in [0.2, 0.25) is 5.02 Å². The van der Waals surface area contributed by atoms with Crippen molar-refractivity contribution in [2.24, 2.45) is 5.92 Å². The van der Waals surface area contributed by atoms with E-state index in [9.17, 15) is 31.2 Å². The average molecular weight is 610 g/mol. The van der Waals surface area contributed by atoms with Crippen molar-refractivity contribution in [2.75, 3.05) is 17.4 Å². The van der Waals surface area contributed by atoms with E-state index in [1.807, 2.05) is 13.8 Å². The SMILES string of the molecule is CC(C)CNC(=O)[C@H](C)N(Cc1ccccc1Cl)C(=O)CN(c1cccc(C(F)(F)F)c1)S(=O)(=O)c1ccccc1. The summed E-state index contributed by atoms with van der Waals surface area (Å²) in [5.41, 5.74) is -0.931. The van der Waals surface area contributed by atoms with Crippen molar-refractivity contribution in [1.82, 2.24) is 10.2 Å². The Bertz CT molecular complexity index is 1470. The molecule has 0 heterocycles. The number of rotatable bonds is 11. The Labute approximate surface area is 243 Å². The van der Waals surface area contributed by atoms with Crippen LogP contribution in [0, 0.1) is 5.92 Å². The third-order valence-corrected chi connectivity index (χ3v) is 8.38. The van der Waals surface area contributed by atoms with Crippen LogP contribution in [0.5, 0.6) is 0 Å². The van der Waals surface area contributed by atoms with Crippen LogP contribution in [0.25, 0.3) is 0 Å². The molecule has 0 saturated heterocycles. The minimum absolute atomic E-state index is 0.131. The molecule has 2 amide bonds. The fourth-order valence-corrected chi connectivity index (χ4v) is 5.55. The molecule has 0 bridgehead atoms. The summed E-state index contributed by atoms with van der Waals surface area (Å²) in [6, 6.07) is 16.4. The van der Waals surface area contributed by atoms with Gasteiger partial charge in [-0.2, -0.15) is 13.2 Å². The van der Waals surface area contributed by atoms with Gasteiger partial charge in [-0.15, -0.1) is 0 Å². The zero-order valence-corrected chi connectivity index (χ0v) is 24.3. The lowest BCUT2D eigenvalue weighted by atomic mass is 10.1. The van der Waals surface area contributed by atoms with Crippen LogP contribution in [0.3, 0.4) is 0 Å². The fraction of sp³-hybridized carbons (Fsp3) is 0.310. The van der Waals surface area contributed by atoms with Gasteiger partial charge in [0.2, 0.25) is 11.8 Å². The molecule has 0 radical (unpaired) electrons. The highest BCUT2D eigenvalue weighted by Gasteiger charge is 2.35. The van der Waals surface area contributed by atoms with E-state index in [2.05, 4.69) is 5.32 Å². The molecule has 220 valence electrons. The monoisotopic (exact) mass is 609 g/mol. The number of hydrogen-bond donors (Lipinski definition) is 1. The van der Waals surface area contributed by atoms with Crippen molar-refractivity contribution in [2.45, 2.75) is 44.4 Å². The molecular weight excluding hydrogens is 579 g/mol. The van der Waals surface area contributed by atoms with Gasteiger partial charge >= 0.3 is 6.18 Å². The van der Waals surface area contributed by atoms with Crippen molar-refractivity contribution in [1.29, 1.82) is 0 Å². The van der Waals surface area contributed by atoms with Crippen LogP contribution >= 0.6 is 11.6 Å². The van der Waals surface area contributed by atoms with Gasteiger partial charge in [-0.05, 0) is 54.8 Å².